The Labute approximate surface area is 122 Å². The lowest BCUT2D eigenvalue weighted by atomic mass is 10.2. The normalized spacial score (nSPS) is 11.8. The summed E-state index contributed by atoms with van der Waals surface area (Å²) in [5, 5.41) is 1.54. The standard InChI is InChI=1S/C14H6Cl2FN3/c15-8-4-11-12(5-9(8)16)20-14-13(18-11)7-3-6(17)1-2-10(7)19-14/h1-5H,(H,19,20). The van der Waals surface area contributed by atoms with E-state index < -0.39 is 0 Å². The smallest absolute Gasteiger partial charge is 0.157 e. The van der Waals surface area contributed by atoms with Crippen LogP contribution in [0.1, 0.15) is 0 Å². The van der Waals surface area contributed by atoms with Crippen LogP contribution >= 0.6 is 23.2 Å². The number of benzene rings is 2. The van der Waals surface area contributed by atoms with E-state index in [1.807, 2.05) is 0 Å². The quantitative estimate of drug-likeness (QED) is 0.511. The molecule has 6 heteroatoms. The highest BCUT2D eigenvalue weighted by Crippen LogP contribution is 2.29. The minimum Gasteiger partial charge on any atom is -0.338 e. The van der Waals surface area contributed by atoms with Crippen molar-refractivity contribution in [3.8, 4) is 0 Å². The molecule has 20 heavy (non-hydrogen) atoms. The van der Waals surface area contributed by atoms with Gasteiger partial charge in [0.2, 0.25) is 0 Å². The molecule has 0 aliphatic carbocycles. The van der Waals surface area contributed by atoms with Gasteiger partial charge in [0, 0.05) is 10.9 Å². The predicted molar refractivity (Wildman–Crippen MR) is 78.9 cm³/mol. The summed E-state index contributed by atoms with van der Waals surface area (Å²) in [7, 11) is 0. The van der Waals surface area contributed by atoms with Gasteiger partial charge in [0.05, 0.1) is 21.1 Å². The highest BCUT2D eigenvalue weighted by Gasteiger charge is 2.11. The van der Waals surface area contributed by atoms with Crippen molar-refractivity contribution in [3.05, 3.63) is 46.2 Å². The molecule has 0 aliphatic heterocycles. The van der Waals surface area contributed by atoms with Crippen molar-refractivity contribution in [2.45, 2.75) is 0 Å². The summed E-state index contributed by atoms with van der Waals surface area (Å²) in [5.41, 5.74) is 3.26. The van der Waals surface area contributed by atoms with E-state index in [0.717, 1.165) is 5.52 Å². The molecule has 0 aliphatic rings. The summed E-state index contributed by atoms with van der Waals surface area (Å²) in [6.07, 6.45) is 0. The van der Waals surface area contributed by atoms with Gasteiger partial charge in [-0.1, -0.05) is 23.2 Å². The van der Waals surface area contributed by atoms with Crippen LogP contribution in [-0.2, 0) is 0 Å². The second-order valence-electron chi connectivity index (χ2n) is 4.49. The second-order valence-corrected chi connectivity index (χ2v) is 5.31. The molecule has 0 saturated heterocycles. The summed E-state index contributed by atoms with van der Waals surface area (Å²) < 4.78 is 13.4. The number of rotatable bonds is 0. The summed E-state index contributed by atoms with van der Waals surface area (Å²) in [5.74, 6) is -0.311. The van der Waals surface area contributed by atoms with Crippen LogP contribution in [0.25, 0.3) is 33.1 Å². The number of aromatic amines is 1. The van der Waals surface area contributed by atoms with Crippen LogP contribution in [0.4, 0.5) is 4.39 Å². The molecular formula is C14H6Cl2FN3. The number of nitrogens with zero attached hydrogens (tertiary/aromatic N) is 2. The maximum Gasteiger partial charge on any atom is 0.157 e. The minimum atomic E-state index is -0.311. The summed E-state index contributed by atoms with van der Waals surface area (Å²) in [6.45, 7) is 0. The molecule has 2 heterocycles. The number of halogens is 3. The predicted octanol–water partition coefficient (Wildman–Crippen LogP) is 4.71. The molecule has 3 nitrogen and oxygen atoms in total. The lowest BCUT2D eigenvalue weighted by Gasteiger charge is -2.00. The summed E-state index contributed by atoms with van der Waals surface area (Å²) in [4.78, 5) is 12.1. The minimum absolute atomic E-state index is 0.311. The van der Waals surface area contributed by atoms with Crippen LogP contribution in [0.5, 0.6) is 0 Å². The van der Waals surface area contributed by atoms with E-state index in [4.69, 9.17) is 23.2 Å². The third kappa shape index (κ3) is 1.65. The van der Waals surface area contributed by atoms with Gasteiger partial charge in [-0.05, 0) is 30.3 Å². The average Bonchev–Trinajstić information content (AvgIpc) is 2.75. The first-order valence-corrected chi connectivity index (χ1v) is 6.61. The van der Waals surface area contributed by atoms with Crippen molar-refractivity contribution in [2.24, 2.45) is 0 Å². The van der Waals surface area contributed by atoms with E-state index >= 15 is 0 Å². The molecule has 0 spiro atoms. The van der Waals surface area contributed by atoms with Crippen molar-refractivity contribution in [1.82, 2.24) is 15.0 Å². The third-order valence-corrected chi connectivity index (χ3v) is 3.92. The SMILES string of the molecule is Fc1ccc2[nH]c3nc4cc(Cl)c(Cl)cc4nc3c2c1. The molecule has 0 saturated carbocycles. The van der Waals surface area contributed by atoms with Crippen LogP contribution in [0, 0.1) is 5.82 Å². The fourth-order valence-corrected chi connectivity index (χ4v) is 2.59. The van der Waals surface area contributed by atoms with Crippen molar-refractivity contribution in [3.63, 3.8) is 0 Å². The van der Waals surface area contributed by atoms with E-state index in [1.54, 1.807) is 18.2 Å². The van der Waals surface area contributed by atoms with Crippen molar-refractivity contribution >= 4 is 56.3 Å². The van der Waals surface area contributed by atoms with Gasteiger partial charge in [-0.15, -0.1) is 0 Å². The molecule has 0 fully saturated rings. The lowest BCUT2D eigenvalue weighted by molar-refractivity contribution is 0.630. The van der Waals surface area contributed by atoms with Crippen molar-refractivity contribution in [1.29, 1.82) is 0 Å². The van der Waals surface area contributed by atoms with E-state index in [1.165, 1.54) is 12.1 Å². The molecule has 1 N–H and O–H groups in total. The van der Waals surface area contributed by atoms with Gasteiger partial charge in [-0.2, -0.15) is 0 Å². The zero-order chi connectivity index (χ0) is 13.9. The molecule has 4 aromatic rings. The fourth-order valence-electron chi connectivity index (χ4n) is 2.28. The number of hydrogen-bond acceptors (Lipinski definition) is 2. The molecule has 0 atom stereocenters. The lowest BCUT2D eigenvalue weighted by Crippen LogP contribution is -1.86. The van der Waals surface area contributed by atoms with Gasteiger partial charge in [0.15, 0.2) is 5.65 Å². The Morgan fingerprint density at radius 3 is 2.40 bits per heavy atom. The van der Waals surface area contributed by atoms with Crippen molar-refractivity contribution in [2.75, 3.05) is 0 Å². The number of H-pyrrole nitrogens is 1. The number of fused-ring (bicyclic) bond motifs is 4. The largest absolute Gasteiger partial charge is 0.338 e. The first-order chi connectivity index (χ1) is 9.61. The molecule has 0 bridgehead atoms. The van der Waals surface area contributed by atoms with Crippen molar-refractivity contribution < 1.29 is 4.39 Å². The molecule has 0 radical (unpaired) electrons. The highest BCUT2D eigenvalue weighted by molar-refractivity contribution is 6.42. The van der Waals surface area contributed by atoms with E-state index in [-0.39, 0.29) is 5.82 Å². The zero-order valence-electron chi connectivity index (χ0n) is 9.92. The van der Waals surface area contributed by atoms with Crippen LogP contribution in [0.15, 0.2) is 30.3 Å². The average molecular weight is 306 g/mol. The number of aromatic nitrogens is 3. The van der Waals surface area contributed by atoms with E-state index in [2.05, 4.69) is 15.0 Å². The molecule has 0 unspecified atom stereocenters. The van der Waals surface area contributed by atoms with Gasteiger partial charge >= 0.3 is 0 Å². The Morgan fingerprint density at radius 2 is 1.65 bits per heavy atom. The van der Waals surface area contributed by atoms with Crippen LogP contribution in [0.2, 0.25) is 10.0 Å². The van der Waals surface area contributed by atoms with Gasteiger partial charge in [0.1, 0.15) is 11.3 Å². The van der Waals surface area contributed by atoms with Crippen LogP contribution < -0.4 is 0 Å². The summed E-state index contributed by atoms with van der Waals surface area (Å²) >= 11 is 12.0. The van der Waals surface area contributed by atoms with Gasteiger partial charge < -0.3 is 4.98 Å². The zero-order valence-corrected chi connectivity index (χ0v) is 11.4. The Hall–Kier alpha value is -1.91. The monoisotopic (exact) mass is 305 g/mol. The molecule has 2 aromatic heterocycles. The fraction of sp³-hybridized carbons (Fsp3) is 0. The molecule has 98 valence electrons. The first kappa shape index (κ1) is 11.9. The molecule has 0 amide bonds. The Kier molecular flexibility index (Phi) is 2.40. The highest BCUT2D eigenvalue weighted by atomic mass is 35.5. The third-order valence-electron chi connectivity index (χ3n) is 3.20. The maximum absolute atomic E-state index is 13.4. The van der Waals surface area contributed by atoms with Gasteiger partial charge in [0.25, 0.3) is 0 Å². The first-order valence-electron chi connectivity index (χ1n) is 5.85. The number of hydrogen-bond donors (Lipinski definition) is 1. The molecular weight excluding hydrogens is 300 g/mol. The van der Waals surface area contributed by atoms with E-state index in [9.17, 15) is 4.39 Å². The summed E-state index contributed by atoms with van der Waals surface area (Å²) in [6, 6.07) is 7.82. The van der Waals surface area contributed by atoms with E-state index in [0.29, 0.717) is 37.6 Å². The maximum atomic E-state index is 13.4. The van der Waals surface area contributed by atoms with Gasteiger partial charge in [-0.3, -0.25) is 0 Å². The van der Waals surface area contributed by atoms with Gasteiger partial charge in [-0.25, -0.2) is 14.4 Å². The number of nitrogens with one attached hydrogen (secondary N) is 1. The van der Waals surface area contributed by atoms with Crippen LogP contribution in [0.3, 0.4) is 0 Å². The molecule has 4 rings (SSSR count). The Morgan fingerprint density at radius 1 is 0.950 bits per heavy atom. The topological polar surface area (TPSA) is 41.6 Å². The second kappa shape index (κ2) is 4.04. The Bertz CT molecular complexity index is 994. The van der Waals surface area contributed by atoms with Crippen LogP contribution in [-0.4, -0.2) is 15.0 Å². The Balaban J connectivity index is 2.19. The molecule has 2 aromatic carbocycles.